The lowest BCUT2D eigenvalue weighted by molar-refractivity contribution is -0.311. The first kappa shape index (κ1) is 10.9. The molecule has 1 N–H and O–H groups in total. The third kappa shape index (κ3) is 2.80. The summed E-state index contributed by atoms with van der Waals surface area (Å²) in [5.41, 5.74) is 0.0584. The van der Waals surface area contributed by atoms with E-state index in [0.29, 0.717) is 5.92 Å². The summed E-state index contributed by atoms with van der Waals surface area (Å²) in [6.45, 7) is 10.4. The fourth-order valence-corrected chi connectivity index (χ4v) is 1.37. The zero-order valence-corrected chi connectivity index (χ0v) is 8.22. The van der Waals surface area contributed by atoms with Crippen molar-refractivity contribution in [2.45, 2.75) is 47.1 Å². The molecule has 0 saturated heterocycles. The van der Waals surface area contributed by atoms with Crippen LogP contribution in [0.1, 0.15) is 41.0 Å². The molecular formula is C9H20O2. The molecule has 2 heteroatoms. The minimum absolute atomic E-state index is 0.0584. The lowest BCUT2D eigenvalue weighted by Crippen LogP contribution is -2.35. The van der Waals surface area contributed by atoms with Gasteiger partial charge in [-0.1, -0.05) is 34.6 Å². The summed E-state index contributed by atoms with van der Waals surface area (Å²) in [6, 6.07) is 0. The van der Waals surface area contributed by atoms with Crippen LogP contribution in [-0.2, 0) is 4.89 Å². The molecular weight excluding hydrogens is 140 g/mol. The van der Waals surface area contributed by atoms with Crippen molar-refractivity contribution in [1.82, 2.24) is 0 Å². The maximum absolute atomic E-state index is 8.66. The van der Waals surface area contributed by atoms with Gasteiger partial charge < -0.3 is 0 Å². The molecule has 1 atom stereocenters. The van der Waals surface area contributed by atoms with Crippen molar-refractivity contribution in [2.75, 3.05) is 0 Å². The normalized spacial score (nSPS) is 15.5. The van der Waals surface area contributed by atoms with Crippen LogP contribution >= 0.6 is 0 Å². The third-order valence-corrected chi connectivity index (χ3v) is 2.40. The smallest absolute Gasteiger partial charge is 0.100 e. The number of rotatable bonds is 4. The molecule has 0 radical (unpaired) electrons. The Morgan fingerprint density at radius 3 is 1.91 bits per heavy atom. The first-order valence-corrected chi connectivity index (χ1v) is 4.26. The molecule has 0 aliphatic rings. The predicted molar refractivity (Wildman–Crippen MR) is 46.4 cm³/mol. The van der Waals surface area contributed by atoms with Crippen LogP contribution in [0.25, 0.3) is 0 Å². The molecule has 11 heavy (non-hydrogen) atoms. The first-order chi connectivity index (χ1) is 4.95. The van der Waals surface area contributed by atoms with E-state index in [1.165, 1.54) is 0 Å². The van der Waals surface area contributed by atoms with Gasteiger partial charge in [0.15, 0.2) is 0 Å². The molecule has 0 aromatic carbocycles. The zero-order valence-electron chi connectivity index (χ0n) is 8.22. The van der Waals surface area contributed by atoms with Crippen LogP contribution in [0, 0.1) is 11.3 Å². The van der Waals surface area contributed by atoms with E-state index >= 15 is 0 Å². The average molecular weight is 160 g/mol. The standard InChI is InChI=1S/C9H20O2/c1-6-9(4,5)8(11-10)7(2)3/h7-8,10H,6H2,1-5H3. The van der Waals surface area contributed by atoms with E-state index in [2.05, 4.69) is 39.5 Å². The van der Waals surface area contributed by atoms with Crippen molar-refractivity contribution in [3.8, 4) is 0 Å². The topological polar surface area (TPSA) is 29.5 Å². The van der Waals surface area contributed by atoms with E-state index in [1.807, 2.05) is 0 Å². The van der Waals surface area contributed by atoms with Crippen LogP contribution in [0.3, 0.4) is 0 Å². The van der Waals surface area contributed by atoms with Gasteiger partial charge in [-0.3, -0.25) is 5.26 Å². The van der Waals surface area contributed by atoms with Gasteiger partial charge in [-0.25, -0.2) is 4.89 Å². The Morgan fingerprint density at radius 2 is 1.82 bits per heavy atom. The Labute approximate surface area is 69.5 Å². The molecule has 0 saturated carbocycles. The van der Waals surface area contributed by atoms with Crippen LogP contribution in [0.5, 0.6) is 0 Å². The lowest BCUT2D eigenvalue weighted by atomic mass is 9.79. The third-order valence-electron chi connectivity index (χ3n) is 2.40. The van der Waals surface area contributed by atoms with Crippen LogP contribution in [-0.4, -0.2) is 11.4 Å². The lowest BCUT2D eigenvalue weighted by Gasteiger charge is -2.33. The SMILES string of the molecule is CCC(C)(C)C(OO)C(C)C. The fraction of sp³-hybridized carbons (Fsp3) is 1.00. The molecule has 0 aliphatic heterocycles. The van der Waals surface area contributed by atoms with Crippen molar-refractivity contribution in [1.29, 1.82) is 0 Å². The Balaban J connectivity index is 4.23. The first-order valence-electron chi connectivity index (χ1n) is 4.26. The van der Waals surface area contributed by atoms with Crippen LogP contribution in [0.4, 0.5) is 0 Å². The highest BCUT2D eigenvalue weighted by Gasteiger charge is 2.31. The van der Waals surface area contributed by atoms with E-state index in [0.717, 1.165) is 6.42 Å². The maximum Gasteiger partial charge on any atom is 0.100 e. The molecule has 0 spiro atoms. The fourth-order valence-electron chi connectivity index (χ4n) is 1.37. The molecule has 0 aliphatic carbocycles. The van der Waals surface area contributed by atoms with Gasteiger partial charge in [0, 0.05) is 0 Å². The van der Waals surface area contributed by atoms with Gasteiger partial charge in [0.25, 0.3) is 0 Å². The number of hydrogen-bond acceptors (Lipinski definition) is 2. The molecule has 0 heterocycles. The maximum atomic E-state index is 8.66. The van der Waals surface area contributed by atoms with Crippen molar-refractivity contribution < 1.29 is 10.1 Å². The predicted octanol–water partition coefficient (Wildman–Crippen LogP) is 2.94. The zero-order chi connectivity index (χ0) is 9.07. The average Bonchev–Trinajstić information content (AvgIpc) is 1.88. The van der Waals surface area contributed by atoms with Crippen molar-refractivity contribution >= 4 is 0 Å². The van der Waals surface area contributed by atoms with Crippen LogP contribution in [0.15, 0.2) is 0 Å². The summed E-state index contributed by atoms with van der Waals surface area (Å²) in [6.07, 6.45) is 0.948. The van der Waals surface area contributed by atoms with Crippen LogP contribution in [0.2, 0.25) is 0 Å². The van der Waals surface area contributed by atoms with Gasteiger partial charge in [-0.05, 0) is 17.8 Å². The Hall–Kier alpha value is -0.0800. The van der Waals surface area contributed by atoms with E-state index < -0.39 is 0 Å². The molecule has 68 valence electrons. The Kier molecular flexibility index (Phi) is 4.04. The van der Waals surface area contributed by atoms with E-state index in [9.17, 15) is 0 Å². The molecule has 0 fully saturated rings. The highest BCUT2D eigenvalue weighted by Crippen LogP contribution is 2.31. The summed E-state index contributed by atoms with van der Waals surface area (Å²) >= 11 is 0. The molecule has 2 nitrogen and oxygen atoms in total. The van der Waals surface area contributed by atoms with Gasteiger partial charge in [0.1, 0.15) is 6.10 Å². The van der Waals surface area contributed by atoms with E-state index in [1.54, 1.807) is 0 Å². The molecule has 1 unspecified atom stereocenters. The second-order valence-corrected chi connectivity index (χ2v) is 4.11. The van der Waals surface area contributed by atoms with Gasteiger partial charge in [0.05, 0.1) is 0 Å². The molecule has 0 amide bonds. The summed E-state index contributed by atoms with van der Waals surface area (Å²) in [7, 11) is 0. The highest BCUT2D eigenvalue weighted by atomic mass is 17.1. The second kappa shape index (κ2) is 4.07. The molecule has 0 bridgehead atoms. The molecule has 0 aromatic heterocycles. The monoisotopic (exact) mass is 160 g/mol. The summed E-state index contributed by atoms with van der Waals surface area (Å²) < 4.78 is 0. The van der Waals surface area contributed by atoms with Crippen molar-refractivity contribution in [2.24, 2.45) is 11.3 Å². The van der Waals surface area contributed by atoms with Crippen LogP contribution < -0.4 is 0 Å². The van der Waals surface area contributed by atoms with Crippen molar-refractivity contribution in [3.05, 3.63) is 0 Å². The summed E-state index contributed by atoms with van der Waals surface area (Å²) in [4.78, 5) is 4.47. The Morgan fingerprint density at radius 1 is 1.36 bits per heavy atom. The number of hydrogen-bond donors (Lipinski definition) is 1. The van der Waals surface area contributed by atoms with E-state index in [4.69, 9.17) is 5.26 Å². The van der Waals surface area contributed by atoms with E-state index in [-0.39, 0.29) is 11.5 Å². The molecule has 0 aromatic rings. The van der Waals surface area contributed by atoms with Gasteiger partial charge >= 0.3 is 0 Å². The molecule has 0 rings (SSSR count). The van der Waals surface area contributed by atoms with Gasteiger partial charge in [-0.2, -0.15) is 0 Å². The minimum atomic E-state index is -0.0625. The Bertz CT molecular complexity index is 108. The van der Waals surface area contributed by atoms with Gasteiger partial charge in [-0.15, -0.1) is 0 Å². The largest absolute Gasteiger partial charge is 0.252 e. The van der Waals surface area contributed by atoms with Crippen molar-refractivity contribution in [3.63, 3.8) is 0 Å². The highest BCUT2D eigenvalue weighted by molar-refractivity contribution is 4.79. The summed E-state index contributed by atoms with van der Waals surface area (Å²) in [5.74, 6) is 0.356. The second-order valence-electron chi connectivity index (χ2n) is 4.11. The minimum Gasteiger partial charge on any atom is -0.252 e. The quantitative estimate of drug-likeness (QED) is 0.506. The van der Waals surface area contributed by atoms with Gasteiger partial charge in [0.2, 0.25) is 0 Å². The summed E-state index contributed by atoms with van der Waals surface area (Å²) in [5, 5.41) is 8.66.